The molecule has 0 amide bonds. The first-order chi connectivity index (χ1) is 8.15. The normalized spacial score (nSPS) is 10.9. The fourth-order valence-electron chi connectivity index (χ4n) is 1.28. The van der Waals surface area contributed by atoms with Gasteiger partial charge < -0.3 is 5.73 Å². The lowest BCUT2D eigenvalue weighted by molar-refractivity contribution is 1.14. The molecule has 0 saturated carbocycles. The number of rotatable bonds is 3. The van der Waals surface area contributed by atoms with Crippen molar-refractivity contribution >= 4 is 0 Å². The van der Waals surface area contributed by atoms with Crippen LogP contribution in [-0.4, -0.2) is 0 Å². The third-order valence-corrected chi connectivity index (χ3v) is 2.28. The van der Waals surface area contributed by atoms with Crippen molar-refractivity contribution in [1.29, 1.82) is 0 Å². The van der Waals surface area contributed by atoms with Gasteiger partial charge in [-0.2, -0.15) is 0 Å². The van der Waals surface area contributed by atoms with E-state index in [2.05, 4.69) is 37.8 Å². The van der Waals surface area contributed by atoms with Crippen LogP contribution in [0.2, 0.25) is 0 Å². The van der Waals surface area contributed by atoms with Crippen molar-refractivity contribution in [2.45, 2.75) is 27.2 Å². The molecule has 1 nitrogen and oxygen atoms in total. The maximum atomic E-state index is 5.42. The summed E-state index contributed by atoms with van der Waals surface area (Å²) in [6.07, 6.45) is 6.94. The number of benzene rings is 1. The third-order valence-electron chi connectivity index (χ3n) is 2.28. The van der Waals surface area contributed by atoms with E-state index in [1.807, 2.05) is 38.1 Å². The average Bonchev–Trinajstić information content (AvgIpc) is 2.37. The van der Waals surface area contributed by atoms with Crippen LogP contribution in [0.4, 0.5) is 0 Å². The number of hydrogen-bond acceptors (Lipinski definition) is 1. The Morgan fingerprint density at radius 1 is 1.24 bits per heavy atom. The van der Waals surface area contributed by atoms with Crippen LogP contribution >= 0.6 is 0 Å². The van der Waals surface area contributed by atoms with Gasteiger partial charge in [0.15, 0.2) is 0 Å². The maximum Gasteiger partial charge on any atom is 0.0311 e. The molecule has 0 saturated heterocycles. The van der Waals surface area contributed by atoms with E-state index in [0.29, 0.717) is 5.70 Å². The Morgan fingerprint density at radius 3 is 2.06 bits per heavy atom. The maximum absolute atomic E-state index is 5.42. The molecule has 0 spiro atoms. The number of hydrogen-bond donors (Lipinski definition) is 1. The van der Waals surface area contributed by atoms with Crippen LogP contribution in [-0.2, 0) is 6.42 Å². The molecule has 1 heteroatoms. The second-order valence-corrected chi connectivity index (χ2v) is 3.61. The molecule has 0 aromatic heterocycles. The predicted molar refractivity (Wildman–Crippen MR) is 77.7 cm³/mol. The van der Waals surface area contributed by atoms with Crippen LogP contribution in [0.25, 0.3) is 0 Å². The largest absolute Gasteiger partial charge is 0.399 e. The zero-order chi connectivity index (χ0) is 13.1. The van der Waals surface area contributed by atoms with E-state index < -0.39 is 0 Å². The molecule has 0 fully saturated rings. The van der Waals surface area contributed by atoms with E-state index in [4.69, 9.17) is 5.73 Å². The summed E-state index contributed by atoms with van der Waals surface area (Å²) in [5.74, 6) is 0. The van der Waals surface area contributed by atoms with Crippen molar-refractivity contribution in [2.24, 2.45) is 5.73 Å². The summed E-state index contributed by atoms with van der Waals surface area (Å²) in [6, 6.07) is 10.5. The minimum absolute atomic E-state index is 0.621. The lowest BCUT2D eigenvalue weighted by atomic mass is 10.2. The molecule has 1 aromatic rings. The summed E-state index contributed by atoms with van der Waals surface area (Å²) in [4.78, 5) is 0. The van der Waals surface area contributed by atoms with Gasteiger partial charge in [0.25, 0.3) is 0 Å². The fraction of sp³-hybridized carbons (Fsp3) is 0.250. The van der Waals surface area contributed by atoms with Gasteiger partial charge in [-0.25, -0.2) is 0 Å². The van der Waals surface area contributed by atoms with Gasteiger partial charge in [0.2, 0.25) is 0 Å². The highest BCUT2D eigenvalue weighted by atomic mass is 14.6. The van der Waals surface area contributed by atoms with Crippen molar-refractivity contribution in [3.05, 3.63) is 72.0 Å². The monoisotopic (exact) mass is 229 g/mol. The number of aryl methyl sites for hydroxylation is 1. The minimum Gasteiger partial charge on any atom is -0.399 e. The van der Waals surface area contributed by atoms with E-state index in [1.54, 1.807) is 0 Å². The molecule has 0 bridgehead atoms. The van der Waals surface area contributed by atoms with Gasteiger partial charge in [-0.15, -0.1) is 0 Å². The summed E-state index contributed by atoms with van der Waals surface area (Å²) in [5, 5.41) is 0. The summed E-state index contributed by atoms with van der Waals surface area (Å²) in [6.45, 7) is 9.65. The average molecular weight is 229 g/mol. The van der Waals surface area contributed by atoms with Gasteiger partial charge in [-0.3, -0.25) is 0 Å². The zero-order valence-electron chi connectivity index (χ0n) is 11.1. The Morgan fingerprint density at radius 2 is 1.82 bits per heavy atom. The van der Waals surface area contributed by atoms with Crippen LogP contribution in [0.5, 0.6) is 0 Å². The predicted octanol–water partition coefficient (Wildman–Crippen LogP) is 4.23. The first-order valence-electron chi connectivity index (χ1n) is 5.93. The lowest BCUT2D eigenvalue weighted by Gasteiger charge is -1.96. The molecule has 0 aliphatic heterocycles. The molecular formula is C16H23N. The highest BCUT2D eigenvalue weighted by Crippen LogP contribution is 2.01. The number of nitrogens with two attached hydrogens (primary N) is 1. The third kappa shape index (κ3) is 7.18. The van der Waals surface area contributed by atoms with E-state index in [9.17, 15) is 0 Å². The molecular weight excluding hydrogens is 206 g/mol. The van der Waals surface area contributed by atoms with E-state index >= 15 is 0 Å². The molecule has 17 heavy (non-hydrogen) atoms. The molecule has 0 aliphatic carbocycles. The van der Waals surface area contributed by atoms with Gasteiger partial charge in [-0.1, -0.05) is 62.1 Å². The van der Waals surface area contributed by atoms with Gasteiger partial charge >= 0.3 is 0 Å². The molecule has 0 unspecified atom stereocenters. The van der Waals surface area contributed by atoms with E-state index in [0.717, 1.165) is 12.0 Å². The van der Waals surface area contributed by atoms with Crippen molar-refractivity contribution in [3.63, 3.8) is 0 Å². The van der Waals surface area contributed by atoms with Gasteiger partial charge in [0, 0.05) is 5.70 Å². The quantitative estimate of drug-likeness (QED) is 0.771. The number of allylic oxidation sites excluding steroid dienone is 3. The van der Waals surface area contributed by atoms with Crippen LogP contribution in [0.1, 0.15) is 26.3 Å². The topological polar surface area (TPSA) is 26.0 Å². The van der Waals surface area contributed by atoms with Crippen LogP contribution in [0.3, 0.4) is 0 Å². The fourth-order valence-corrected chi connectivity index (χ4v) is 1.28. The standard InChI is InChI=1S/C8H13N.C8H10/c1-4-6-8(5-2)7(3)9;1-2-8-6-4-3-5-7-8/h4-6H,3,9H2,1-2H3;3-7H,2H2,1H3/b6-4-,8-5+;. The summed E-state index contributed by atoms with van der Waals surface area (Å²) >= 11 is 0. The van der Waals surface area contributed by atoms with Crippen molar-refractivity contribution in [2.75, 3.05) is 0 Å². The summed E-state index contributed by atoms with van der Waals surface area (Å²) in [7, 11) is 0. The molecule has 0 radical (unpaired) electrons. The first-order valence-corrected chi connectivity index (χ1v) is 5.93. The first kappa shape index (κ1) is 15.2. The Labute approximate surface area is 105 Å². The Kier molecular flexibility index (Phi) is 8.48. The van der Waals surface area contributed by atoms with E-state index in [1.165, 1.54) is 5.56 Å². The smallest absolute Gasteiger partial charge is 0.0311 e. The molecule has 92 valence electrons. The highest BCUT2D eigenvalue weighted by molar-refractivity contribution is 5.34. The summed E-state index contributed by atoms with van der Waals surface area (Å²) in [5.41, 5.74) is 8.45. The Bertz CT molecular complexity index is 372. The van der Waals surface area contributed by atoms with Gasteiger partial charge in [-0.05, 0) is 31.4 Å². The van der Waals surface area contributed by atoms with E-state index in [-0.39, 0.29) is 0 Å². The van der Waals surface area contributed by atoms with Crippen LogP contribution in [0, 0.1) is 0 Å². The Balaban J connectivity index is 0.000000302. The van der Waals surface area contributed by atoms with Crippen molar-refractivity contribution in [1.82, 2.24) is 0 Å². The van der Waals surface area contributed by atoms with Crippen LogP contribution < -0.4 is 5.73 Å². The molecule has 0 atom stereocenters. The molecule has 0 heterocycles. The second kappa shape index (κ2) is 9.46. The zero-order valence-corrected chi connectivity index (χ0v) is 11.1. The van der Waals surface area contributed by atoms with Crippen molar-refractivity contribution in [3.8, 4) is 0 Å². The molecule has 0 aliphatic rings. The minimum atomic E-state index is 0.621. The molecule has 2 N–H and O–H groups in total. The summed E-state index contributed by atoms with van der Waals surface area (Å²) < 4.78 is 0. The lowest BCUT2D eigenvalue weighted by Crippen LogP contribution is -1.95. The van der Waals surface area contributed by atoms with Crippen LogP contribution in [0.15, 0.2) is 66.4 Å². The SMILES string of the molecule is C=C(N)C(/C=C\C)=C/C.CCc1ccccc1. The second-order valence-electron chi connectivity index (χ2n) is 3.61. The Hall–Kier alpha value is -1.76. The highest BCUT2D eigenvalue weighted by Gasteiger charge is 1.87. The molecule has 1 rings (SSSR count). The molecule has 1 aromatic carbocycles. The van der Waals surface area contributed by atoms with Crippen molar-refractivity contribution < 1.29 is 0 Å². The van der Waals surface area contributed by atoms with Gasteiger partial charge in [0.05, 0.1) is 0 Å². The van der Waals surface area contributed by atoms with Gasteiger partial charge in [0.1, 0.15) is 0 Å².